The first-order valence-electron chi connectivity index (χ1n) is 6.98. The largest absolute Gasteiger partial charge is 0.394 e. The van der Waals surface area contributed by atoms with Crippen molar-refractivity contribution in [3.8, 4) is 0 Å². The number of aliphatic hydroxyl groups excluding tert-OH is 2. The molecule has 0 aliphatic rings. The summed E-state index contributed by atoms with van der Waals surface area (Å²) < 4.78 is 29.4. The Morgan fingerprint density at radius 1 is 1.23 bits per heavy atom. The molecule has 1 unspecified atom stereocenters. The Hall–Kier alpha value is -1.47. The van der Waals surface area contributed by atoms with Gasteiger partial charge < -0.3 is 14.9 Å². The van der Waals surface area contributed by atoms with E-state index in [0.717, 1.165) is 11.0 Å². The van der Waals surface area contributed by atoms with Crippen molar-refractivity contribution in [2.45, 2.75) is 31.0 Å². The van der Waals surface area contributed by atoms with Crippen LogP contribution in [0.1, 0.15) is 12.5 Å². The fourth-order valence-electron chi connectivity index (χ4n) is 1.72. The maximum atomic E-state index is 12.1. The van der Waals surface area contributed by atoms with Crippen LogP contribution in [0.3, 0.4) is 0 Å². The number of rotatable bonds is 8. The Morgan fingerprint density at radius 3 is 2.41 bits per heavy atom. The first-order chi connectivity index (χ1) is 10.4. The standard InChI is InChI=1S/C16H22O5S/c1-3-21-16(15(18)12-17)6-4-5-11-22(19,20)14-9-7-13(2)8-10-14/h4-11,15-18H,3,12H2,1-2H3/b6-4+,11-5+/t15?,16-/m1/s1. The monoisotopic (exact) mass is 326 g/mol. The molecule has 0 aliphatic carbocycles. The lowest BCUT2D eigenvalue weighted by molar-refractivity contribution is -0.0295. The molecule has 122 valence electrons. The van der Waals surface area contributed by atoms with Gasteiger partial charge in [-0.1, -0.05) is 35.9 Å². The van der Waals surface area contributed by atoms with Crippen LogP contribution in [-0.4, -0.2) is 44.1 Å². The summed E-state index contributed by atoms with van der Waals surface area (Å²) in [5.41, 5.74) is 0.986. The molecular formula is C16H22O5S. The highest BCUT2D eigenvalue weighted by atomic mass is 32.2. The van der Waals surface area contributed by atoms with Crippen molar-refractivity contribution < 1.29 is 23.4 Å². The molecule has 22 heavy (non-hydrogen) atoms. The predicted molar refractivity (Wildman–Crippen MR) is 85.2 cm³/mol. The van der Waals surface area contributed by atoms with Gasteiger partial charge in [-0.05, 0) is 26.0 Å². The van der Waals surface area contributed by atoms with E-state index in [2.05, 4.69) is 0 Å². The zero-order valence-electron chi connectivity index (χ0n) is 12.7. The minimum Gasteiger partial charge on any atom is -0.394 e. The summed E-state index contributed by atoms with van der Waals surface area (Å²) in [5, 5.41) is 19.5. The molecule has 1 rings (SSSR count). The van der Waals surface area contributed by atoms with Crippen molar-refractivity contribution in [2.75, 3.05) is 13.2 Å². The van der Waals surface area contributed by atoms with Gasteiger partial charge in [0.1, 0.15) is 12.2 Å². The summed E-state index contributed by atoms with van der Waals surface area (Å²) in [6.07, 6.45) is 2.63. The van der Waals surface area contributed by atoms with Gasteiger partial charge in [-0.3, -0.25) is 0 Å². The van der Waals surface area contributed by atoms with E-state index in [9.17, 15) is 13.5 Å². The van der Waals surface area contributed by atoms with Crippen molar-refractivity contribution in [2.24, 2.45) is 0 Å². The van der Waals surface area contributed by atoms with Crippen LogP contribution >= 0.6 is 0 Å². The lowest BCUT2D eigenvalue weighted by Crippen LogP contribution is -2.30. The molecule has 0 radical (unpaired) electrons. The molecule has 6 heteroatoms. The normalized spacial score (nSPS) is 15.5. The van der Waals surface area contributed by atoms with Crippen molar-refractivity contribution >= 4 is 9.84 Å². The third-order valence-corrected chi connectivity index (χ3v) is 4.39. The molecule has 0 saturated carbocycles. The second-order valence-corrected chi connectivity index (χ2v) is 6.57. The smallest absolute Gasteiger partial charge is 0.199 e. The first-order valence-corrected chi connectivity index (χ1v) is 8.52. The quantitative estimate of drug-likeness (QED) is 0.709. The Balaban J connectivity index is 2.78. The summed E-state index contributed by atoms with van der Waals surface area (Å²) in [6, 6.07) is 6.58. The van der Waals surface area contributed by atoms with Crippen LogP contribution in [0.15, 0.2) is 52.8 Å². The summed E-state index contributed by atoms with van der Waals surface area (Å²) in [6.45, 7) is 3.59. The summed E-state index contributed by atoms with van der Waals surface area (Å²) in [4.78, 5) is 0.222. The number of aryl methyl sites for hydroxylation is 1. The molecule has 0 spiro atoms. The van der Waals surface area contributed by atoms with Gasteiger partial charge in [0.2, 0.25) is 0 Å². The highest BCUT2D eigenvalue weighted by Gasteiger charge is 2.14. The number of ether oxygens (including phenoxy) is 1. The maximum absolute atomic E-state index is 12.1. The van der Waals surface area contributed by atoms with Gasteiger partial charge in [-0.2, -0.15) is 0 Å². The maximum Gasteiger partial charge on any atom is 0.199 e. The minimum atomic E-state index is -3.50. The molecule has 0 fully saturated rings. The minimum absolute atomic E-state index is 0.222. The van der Waals surface area contributed by atoms with E-state index in [1.54, 1.807) is 31.2 Å². The van der Waals surface area contributed by atoms with E-state index in [4.69, 9.17) is 9.84 Å². The lowest BCUT2D eigenvalue weighted by atomic mass is 10.2. The van der Waals surface area contributed by atoms with E-state index in [1.807, 2.05) is 6.92 Å². The van der Waals surface area contributed by atoms with Gasteiger partial charge in [0.15, 0.2) is 9.84 Å². The van der Waals surface area contributed by atoms with Gasteiger partial charge in [0, 0.05) is 12.0 Å². The zero-order chi connectivity index (χ0) is 16.6. The van der Waals surface area contributed by atoms with E-state index in [1.165, 1.54) is 18.2 Å². The molecule has 1 aromatic carbocycles. The van der Waals surface area contributed by atoms with Crippen LogP contribution < -0.4 is 0 Å². The number of sulfone groups is 1. The molecule has 5 nitrogen and oxygen atoms in total. The first kappa shape index (κ1) is 18.6. The molecule has 0 bridgehead atoms. The number of benzene rings is 1. The number of allylic oxidation sites excluding steroid dienone is 2. The van der Waals surface area contributed by atoms with Crippen molar-refractivity contribution in [1.29, 1.82) is 0 Å². The molecule has 2 atom stereocenters. The van der Waals surface area contributed by atoms with E-state index < -0.39 is 28.7 Å². The molecule has 1 aromatic rings. The number of aliphatic hydroxyl groups is 2. The SMILES string of the molecule is CCO[C@H](/C=C/C=C/S(=O)(=O)c1ccc(C)cc1)C(O)CO. The number of hydrogen-bond donors (Lipinski definition) is 2. The van der Waals surface area contributed by atoms with Crippen LogP contribution in [0.4, 0.5) is 0 Å². The van der Waals surface area contributed by atoms with Gasteiger partial charge in [0.05, 0.1) is 11.5 Å². The van der Waals surface area contributed by atoms with E-state index in [0.29, 0.717) is 6.61 Å². The summed E-state index contributed by atoms with van der Waals surface area (Å²) in [5.74, 6) is 0. The van der Waals surface area contributed by atoms with Crippen LogP contribution in [-0.2, 0) is 14.6 Å². The van der Waals surface area contributed by atoms with Crippen molar-refractivity contribution in [3.05, 3.63) is 53.5 Å². The molecular weight excluding hydrogens is 304 g/mol. The molecule has 0 aliphatic heterocycles. The Kier molecular flexibility index (Phi) is 7.47. The summed E-state index contributed by atoms with van der Waals surface area (Å²) >= 11 is 0. The van der Waals surface area contributed by atoms with Crippen molar-refractivity contribution in [1.82, 2.24) is 0 Å². The number of hydrogen-bond acceptors (Lipinski definition) is 5. The van der Waals surface area contributed by atoms with Gasteiger partial charge in [0.25, 0.3) is 0 Å². The van der Waals surface area contributed by atoms with Crippen molar-refractivity contribution in [3.63, 3.8) is 0 Å². The topological polar surface area (TPSA) is 83.8 Å². The zero-order valence-corrected chi connectivity index (χ0v) is 13.5. The predicted octanol–water partition coefficient (Wildman–Crippen LogP) is 1.60. The fraction of sp³-hybridized carbons (Fsp3) is 0.375. The van der Waals surface area contributed by atoms with Gasteiger partial charge in [-0.15, -0.1) is 0 Å². The summed E-state index contributed by atoms with van der Waals surface area (Å²) in [7, 11) is -3.50. The van der Waals surface area contributed by atoms with Crippen LogP contribution in [0.25, 0.3) is 0 Å². The highest BCUT2D eigenvalue weighted by molar-refractivity contribution is 7.94. The molecule has 0 amide bonds. The van der Waals surface area contributed by atoms with E-state index in [-0.39, 0.29) is 4.90 Å². The highest BCUT2D eigenvalue weighted by Crippen LogP contribution is 2.13. The molecule has 0 heterocycles. The average molecular weight is 326 g/mol. The Bertz CT molecular complexity index is 602. The second-order valence-electron chi connectivity index (χ2n) is 4.74. The average Bonchev–Trinajstić information content (AvgIpc) is 2.50. The van der Waals surface area contributed by atoms with Crippen LogP contribution in [0.5, 0.6) is 0 Å². The Labute approximate surface area is 131 Å². The van der Waals surface area contributed by atoms with Crippen LogP contribution in [0.2, 0.25) is 0 Å². The third kappa shape index (κ3) is 5.73. The molecule has 0 saturated heterocycles. The second kappa shape index (κ2) is 8.85. The molecule has 2 N–H and O–H groups in total. The van der Waals surface area contributed by atoms with Crippen LogP contribution in [0, 0.1) is 6.92 Å². The van der Waals surface area contributed by atoms with E-state index >= 15 is 0 Å². The Morgan fingerprint density at radius 2 is 1.86 bits per heavy atom. The fourth-order valence-corrected chi connectivity index (χ4v) is 2.69. The van der Waals surface area contributed by atoms with Gasteiger partial charge in [-0.25, -0.2) is 8.42 Å². The third-order valence-electron chi connectivity index (χ3n) is 2.94. The van der Waals surface area contributed by atoms with Gasteiger partial charge >= 0.3 is 0 Å². The lowest BCUT2D eigenvalue weighted by Gasteiger charge is -2.17. The molecule has 0 aromatic heterocycles.